The Labute approximate surface area is 145 Å². The summed E-state index contributed by atoms with van der Waals surface area (Å²) in [6, 6.07) is 22.7. The minimum atomic E-state index is -0.543. The number of amides is 2. The van der Waals surface area contributed by atoms with E-state index in [-0.39, 0.29) is 5.91 Å². The smallest absolute Gasteiger partial charge is 0.255 e. The highest BCUT2D eigenvalue weighted by atomic mass is 16.5. The van der Waals surface area contributed by atoms with Gasteiger partial charge >= 0.3 is 0 Å². The Bertz CT molecular complexity index is 890. The molecule has 2 amide bonds. The summed E-state index contributed by atoms with van der Waals surface area (Å²) in [6.07, 6.45) is 0. The molecule has 3 rings (SSSR count). The lowest BCUT2D eigenvalue weighted by molar-refractivity contribution is 0.0996. The summed E-state index contributed by atoms with van der Waals surface area (Å²) >= 11 is 0. The van der Waals surface area contributed by atoms with E-state index in [1.54, 1.807) is 42.5 Å². The number of carbonyl (C=O) groups excluding carboxylic acids is 2. The molecule has 0 aromatic heterocycles. The van der Waals surface area contributed by atoms with Gasteiger partial charge in [-0.1, -0.05) is 24.3 Å². The number of anilines is 1. The average molecular weight is 332 g/mol. The van der Waals surface area contributed by atoms with Crippen LogP contribution in [0.5, 0.6) is 11.5 Å². The van der Waals surface area contributed by atoms with Gasteiger partial charge in [-0.3, -0.25) is 9.59 Å². The van der Waals surface area contributed by atoms with E-state index >= 15 is 0 Å². The Kier molecular flexibility index (Phi) is 4.76. The number of carbonyl (C=O) groups is 2. The molecule has 3 aromatic rings. The zero-order valence-corrected chi connectivity index (χ0v) is 13.3. The van der Waals surface area contributed by atoms with Crippen molar-refractivity contribution in [1.82, 2.24) is 0 Å². The number of para-hydroxylation sites is 1. The molecule has 0 aliphatic heterocycles. The molecule has 0 saturated heterocycles. The number of benzene rings is 3. The van der Waals surface area contributed by atoms with Gasteiger partial charge in [-0.2, -0.15) is 0 Å². The van der Waals surface area contributed by atoms with Crippen molar-refractivity contribution < 1.29 is 14.3 Å². The molecule has 0 bridgehead atoms. The van der Waals surface area contributed by atoms with Crippen LogP contribution in [0.15, 0.2) is 78.9 Å². The highest BCUT2D eigenvalue weighted by Gasteiger charge is 2.08. The van der Waals surface area contributed by atoms with Crippen molar-refractivity contribution in [3.05, 3.63) is 90.0 Å². The number of primary amides is 1. The van der Waals surface area contributed by atoms with Gasteiger partial charge in [0.15, 0.2) is 0 Å². The molecule has 3 aromatic carbocycles. The lowest BCUT2D eigenvalue weighted by Gasteiger charge is -2.08. The fraction of sp³-hybridized carbons (Fsp3) is 0. The van der Waals surface area contributed by atoms with Crippen LogP contribution in [0.2, 0.25) is 0 Å². The largest absolute Gasteiger partial charge is 0.457 e. The molecular weight excluding hydrogens is 316 g/mol. The fourth-order valence-electron chi connectivity index (χ4n) is 2.25. The first kappa shape index (κ1) is 16.3. The van der Waals surface area contributed by atoms with Crippen molar-refractivity contribution in [3.63, 3.8) is 0 Å². The minimum Gasteiger partial charge on any atom is -0.457 e. The first-order valence-corrected chi connectivity index (χ1v) is 7.66. The Hall–Kier alpha value is -3.60. The van der Waals surface area contributed by atoms with Crippen molar-refractivity contribution in [2.24, 2.45) is 5.73 Å². The van der Waals surface area contributed by atoms with Crippen molar-refractivity contribution in [2.75, 3.05) is 5.32 Å². The molecule has 0 unspecified atom stereocenters. The molecule has 0 radical (unpaired) electrons. The lowest BCUT2D eigenvalue weighted by atomic mass is 10.1. The van der Waals surface area contributed by atoms with Gasteiger partial charge in [0.25, 0.3) is 5.91 Å². The second-order valence-electron chi connectivity index (χ2n) is 5.34. The topological polar surface area (TPSA) is 81.4 Å². The van der Waals surface area contributed by atoms with Gasteiger partial charge in [0, 0.05) is 16.8 Å². The van der Waals surface area contributed by atoms with Crippen LogP contribution in [-0.2, 0) is 0 Å². The predicted octanol–water partition coefficient (Wildman–Crippen LogP) is 3.83. The molecule has 5 heteroatoms. The number of nitrogens with two attached hydrogens (primary N) is 1. The van der Waals surface area contributed by atoms with Crippen molar-refractivity contribution in [1.29, 1.82) is 0 Å². The number of ether oxygens (including phenoxy) is 1. The highest BCUT2D eigenvalue weighted by Crippen LogP contribution is 2.21. The minimum absolute atomic E-state index is 0.284. The summed E-state index contributed by atoms with van der Waals surface area (Å²) in [5.74, 6) is 0.535. The second kappa shape index (κ2) is 7.31. The van der Waals surface area contributed by atoms with Gasteiger partial charge in [0.1, 0.15) is 11.5 Å². The first-order chi connectivity index (χ1) is 12.1. The maximum atomic E-state index is 12.3. The molecule has 0 saturated carbocycles. The SMILES string of the molecule is NC(=O)c1cccc(NC(=O)c2ccc(Oc3ccccc3)cc2)c1. The van der Waals surface area contributed by atoms with Gasteiger partial charge in [0.2, 0.25) is 5.91 Å². The van der Waals surface area contributed by atoms with E-state index in [4.69, 9.17) is 10.5 Å². The summed E-state index contributed by atoms with van der Waals surface area (Å²) in [6.45, 7) is 0. The van der Waals surface area contributed by atoms with E-state index in [1.807, 2.05) is 30.3 Å². The van der Waals surface area contributed by atoms with Crippen LogP contribution in [0, 0.1) is 0 Å². The molecule has 0 atom stereocenters. The first-order valence-electron chi connectivity index (χ1n) is 7.66. The van der Waals surface area contributed by atoms with Crippen LogP contribution in [0.25, 0.3) is 0 Å². The molecule has 0 fully saturated rings. The normalized spacial score (nSPS) is 10.1. The molecule has 0 spiro atoms. The highest BCUT2D eigenvalue weighted by molar-refractivity contribution is 6.05. The second-order valence-corrected chi connectivity index (χ2v) is 5.34. The monoisotopic (exact) mass is 332 g/mol. The maximum absolute atomic E-state index is 12.3. The fourth-order valence-corrected chi connectivity index (χ4v) is 2.25. The third kappa shape index (κ3) is 4.23. The van der Waals surface area contributed by atoms with Gasteiger partial charge in [-0.25, -0.2) is 0 Å². The Balaban J connectivity index is 1.68. The van der Waals surface area contributed by atoms with E-state index in [0.717, 1.165) is 5.75 Å². The third-order valence-electron chi connectivity index (χ3n) is 3.50. The molecule has 124 valence electrons. The zero-order valence-electron chi connectivity index (χ0n) is 13.3. The van der Waals surface area contributed by atoms with E-state index in [2.05, 4.69) is 5.32 Å². The predicted molar refractivity (Wildman–Crippen MR) is 95.9 cm³/mol. The van der Waals surface area contributed by atoms with Gasteiger partial charge < -0.3 is 15.8 Å². The lowest BCUT2D eigenvalue weighted by Crippen LogP contribution is -2.14. The average Bonchev–Trinajstić information content (AvgIpc) is 2.63. The molecular formula is C20H16N2O3. The summed E-state index contributed by atoms with van der Waals surface area (Å²) < 4.78 is 5.69. The van der Waals surface area contributed by atoms with Crippen LogP contribution in [0.1, 0.15) is 20.7 Å². The van der Waals surface area contributed by atoms with E-state index < -0.39 is 5.91 Å². The van der Waals surface area contributed by atoms with Crippen molar-refractivity contribution >= 4 is 17.5 Å². The van der Waals surface area contributed by atoms with E-state index in [9.17, 15) is 9.59 Å². The summed E-state index contributed by atoms with van der Waals surface area (Å²) in [4.78, 5) is 23.5. The van der Waals surface area contributed by atoms with E-state index in [0.29, 0.717) is 22.6 Å². The molecule has 3 N–H and O–H groups in total. The number of nitrogens with one attached hydrogen (secondary N) is 1. The van der Waals surface area contributed by atoms with Gasteiger partial charge in [-0.05, 0) is 54.6 Å². The van der Waals surface area contributed by atoms with Crippen molar-refractivity contribution in [2.45, 2.75) is 0 Å². The van der Waals surface area contributed by atoms with Crippen molar-refractivity contribution in [3.8, 4) is 11.5 Å². The Morgan fingerprint density at radius 1 is 0.760 bits per heavy atom. The summed E-state index contributed by atoms with van der Waals surface area (Å²) in [5, 5.41) is 2.74. The van der Waals surface area contributed by atoms with Gasteiger partial charge in [0.05, 0.1) is 0 Å². The van der Waals surface area contributed by atoms with Crippen LogP contribution < -0.4 is 15.8 Å². The van der Waals surface area contributed by atoms with Gasteiger partial charge in [-0.15, -0.1) is 0 Å². The summed E-state index contributed by atoms with van der Waals surface area (Å²) in [7, 11) is 0. The van der Waals surface area contributed by atoms with Crippen LogP contribution in [0.3, 0.4) is 0 Å². The quantitative estimate of drug-likeness (QED) is 0.745. The molecule has 25 heavy (non-hydrogen) atoms. The van der Waals surface area contributed by atoms with E-state index in [1.165, 1.54) is 6.07 Å². The standard InChI is InChI=1S/C20H16N2O3/c21-19(23)15-5-4-6-16(13-15)22-20(24)14-9-11-18(12-10-14)25-17-7-2-1-3-8-17/h1-13H,(H2,21,23)(H,22,24). The Morgan fingerprint density at radius 3 is 2.12 bits per heavy atom. The Morgan fingerprint density at radius 2 is 1.44 bits per heavy atom. The van der Waals surface area contributed by atoms with Crippen LogP contribution in [-0.4, -0.2) is 11.8 Å². The summed E-state index contributed by atoms with van der Waals surface area (Å²) in [5.41, 5.74) is 6.56. The maximum Gasteiger partial charge on any atom is 0.255 e. The third-order valence-corrected chi connectivity index (χ3v) is 3.50. The zero-order chi connectivity index (χ0) is 17.6. The molecule has 5 nitrogen and oxygen atoms in total. The number of rotatable bonds is 5. The van der Waals surface area contributed by atoms with Crippen LogP contribution >= 0.6 is 0 Å². The molecule has 0 aliphatic rings. The number of hydrogen-bond donors (Lipinski definition) is 2. The van der Waals surface area contributed by atoms with Crippen LogP contribution in [0.4, 0.5) is 5.69 Å². The molecule has 0 heterocycles. The molecule has 0 aliphatic carbocycles. The number of hydrogen-bond acceptors (Lipinski definition) is 3.